The number of benzene rings is 1. The Hall–Kier alpha value is -1.02. The predicted molar refractivity (Wildman–Crippen MR) is 84.5 cm³/mol. The van der Waals surface area contributed by atoms with Gasteiger partial charge in [0.25, 0.3) is 5.91 Å². The van der Waals surface area contributed by atoms with Crippen LogP contribution in [0.1, 0.15) is 61.4 Å². The molecule has 1 saturated carbocycles. The second-order valence-corrected chi connectivity index (χ2v) is 6.57. The summed E-state index contributed by atoms with van der Waals surface area (Å²) in [5.41, 5.74) is 2.11. The summed E-state index contributed by atoms with van der Waals surface area (Å²) in [4.78, 5) is 12.2. The smallest absolute Gasteiger partial charge is 0.251 e. The number of hydrogen-bond acceptors (Lipinski definition) is 1. The molecule has 3 heteroatoms. The van der Waals surface area contributed by atoms with E-state index in [1.807, 2.05) is 24.3 Å². The number of alkyl halides is 1. The molecule has 1 amide bonds. The van der Waals surface area contributed by atoms with Crippen LogP contribution in [-0.2, 0) is 0 Å². The monoisotopic (exact) mass is 293 g/mol. The predicted octanol–water partition coefficient (Wildman–Crippen LogP) is 4.34. The van der Waals surface area contributed by atoms with Gasteiger partial charge >= 0.3 is 0 Å². The molecule has 1 N–H and O–H groups in total. The van der Waals surface area contributed by atoms with Gasteiger partial charge in [0, 0.05) is 23.4 Å². The number of hydrogen-bond donors (Lipinski definition) is 1. The summed E-state index contributed by atoms with van der Waals surface area (Å²) in [5.74, 6) is 1.14. The first-order valence-electron chi connectivity index (χ1n) is 7.50. The Morgan fingerprint density at radius 1 is 1.25 bits per heavy atom. The number of nitrogens with one attached hydrogen (secondary N) is 1. The molecule has 0 aliphatic heterocycles. The Morgan fingerprint density at radius 2 is 1.85 bits per heavy atom. The number of amides is 1. The van der Waals surface area contributed by atoms with Gasteiger partial charge in [-0.1, -0.05) is 38.8 Å². The van der Waals surface area contributed by atoms with Crippen LogP contribution in [0, 0.1) is 5.41 Å². The summed E-state index contributed by atoms with van der Waals surface area (Å²) in [6.07, 6.45) is 4.71. The molecule has 110 valence electrons. The van der Waals surface area contributed by atoms with Gasteiger partial charge in [-0.3, -0.25) is 4.79 Å². The molecule has 1 fully saturated rings. The molecule has 0 aromatic heterocycles. The summed E-state index contributed by atoms with van der Waals surface area (Å²) < 4.78 is 0. The van der Waals surface area contributed by atoms with E-state index in [2.05, 4.69) is 19.2 Å². The molecule has 0 heterocycles. The highest BCUT2D eigenvalue weighted by atomic mass is 35.5. The SMILES string of the molecule is CC(C)c1ccc(C(=O)NCC2(CCl)CCCC2)cc1. The average molecular weight is 294 g/mol. The van der Waals surface area contributed by atoms with E-state index in [0.29, 0.717) is 18.3 Å². The van der Waals surface area contributed by atoms with Crippen LogP contribution in [-0.4, -0.2) is 18.3 Å². The first-order valence-corrected chi connectivity index (χ1v) is 8.04. The van der Waals surface area contributed by atoms with E-state index in [1.54, 1.807) is 0 Å². The molecule has 0 unspecified atom stereocenters. The van der Waals surface area contributed by atoms with E-state index in [-0.39, 0.29) is 11.3 Å². The zero-order valence-corrected chi connectivity index (χ0v) is 13.2. The van der Waals surface area contributed by atoms with Crippen molar-refractivity contribution in [1.82, 2.24) is 5.32 Å². The van der Waals surface area contributed by atoms with E-state index in [9.17, 15) is 4.79 Å². The maximum Gasteiger partial charge on any atom is 0.251 e. The minimum atomic E-state index is 0.0108. The summed E-state index contributed by atoms with van der Waals surface area (Å²) in [6, 6.07) is 7.89. The van der Waals surface area contributed by atoms with Crippen LogP contribution in [0.2, 0.25) is 0 Å². The molecule has 0 bridgehead atoms. The van der Waals surface area contributed by atoms with Gasteiger partial charge in [-0.05, 0) is 36.5 Å². The maximum absolute atomic E-state index is 12.2. The van der Waals surface area contributed by atoms with Gasteiger partial charge in [0.15, 0.2) is 0 Å². The molecule has 1 aliphatic carbocycles. The van der Waals surface area contributed by atoms with E-state index >= 15 is 0 Å². The third-order valence-corrected chi connectivity index (χ3v) is 4.98. The molecule has 0 atom stereocenters. The normalized spacial score (nSPS) is 17.4. The standard InChI is InChI=1S/C17H24ClNO/c1-13(2)14-5-7-15(8-6-14)16(20)19-12-17(11-18)9-3-4-10-17/h5-8,13H,3-4,9-12H2,1-2H3,(H,19,20). The topological polar surface area (TPSA) is 29.1 Å². The van der Waals surface area contributed by atoms with Gasteiger partial charge in [-0.25, -0.2) is 0 Å². The van der Waals surface area contributed by atoms with Gasteiger partial charge in [-0.15, -0.1) is 11.6 Å². The van der Waals surface area contributed by atoms with Crippen LogP contribution in [0.3, 0.4) is 0 Å². The number of halogens is 1. The largest absolute Gasteiger partial charge is 0.351 e. The van der Waals surface area contributed by atoms with Gasteiger partial charge < -0.3 is 5.32 Å². The molecule has 1 aliphatic rings. The van der Waals surface area contributed by atoms with Crippen molar-refractivity contribution in [3.8, 4) is 0 Å². The van der Waals surface area contributed by atoms with E-state index < -0.39 is 0 Å². The highest BCUT2D eigenvalue weighted by Gasteiger charge is 2.33. The fourth-order valence-electron chi connectivity index (χ4n) is 2.87. The van der Waals surface area contributed by atoms with Crippen LogP contribution >= 0.6 is 11.6 Å². The second-order valence-electron chi connectivity index (χ2n) is 6.30. The van der Waals surface area contributed by atoms with Crippen LogP contribution in [0.4, 0.5) is 0 Å². The van der Waals surface area contributed by atoms with Gasteiger partial charge in [0.2, 0.25) is 0 Å². The highest BCUT2D eigenvalue weighted by Crippen LogP contribution is 2.38. The first kappa shape index (κ1) is 15.4. The van der Waals surface area contributed by atoms with Crippen LogP contribution in [0.5, 0.6) is 0 Å². The summed E-state index contributed by atoms with van der Waals surface area (Å²) in [7, 11) is 0. The average Bonchev–Trinajstić information content (AvgIpc) is 2.94. The zero-order chi connectivity index (χ0) is 14.6. The van der Waals surface area contributed by atoms with Crippen LogP contribution in [0.25, 0.3) is 0 Å². The van der Waals surface area contributed by atoms with Gasteiger partial charge in [-0.2, -0.15) is 0 Å². The lowest BCUT2D eigenvalue weighted by Crippen LogP contribution is -2.37. The molecular formula is C17H24ClNO. The van der Waals surface area contributed by atoms with Crippen LogP contribution < -0.4 is 5.32 Å². The molecule has 0 spiro atoms. The minimum absolute atomic E-state index is 0.0108. The van der Waals surface area contributed by atoms with Crippen molar-refractivity contribution >= 4 is 17.5 Å². The van der Waals surface area contributed by atoms with Crippen molar-refractivity contribution in [3.05, 3.63) is 35.4 Å². The lowest BCUT2D eigenvalue weighted by atomic mass is 9.88. The number of carbonyl (C=O) groups excluding carboxylic acids is 1. The third kappa shape index (κ3) is 3.54. The van der Waals surface area contributed by atoms with Crippen LogP contribution in [0.15, 0.2) is 24.3 Å². The molecule has 2 rings (SSSR count). The Morgan fingerprint density at radius 3 is 2.35 bits per heavy atom. The van der Waals surface area contributed by atoms with Crippen molar-refractivity contribution in [2.24, 2.45) is 5.41 Å². The molecular weight excluding hydrogens is 270 g/mol. The Bertz CT molecular complexity index is 447. The zero-order valence-electron chi connectivity index (χ0n) is 12.4. The van der Waals surface area contributed by atoms with E-state index in [1.165, 1.54) is 18.4 Å². The van der Waals surface area contributed by atoms with Crippen molar-refractivity contribution in [2.45, 2.75) is 45.4 Å². The Kier molecular flexibility index (Phi) is 5.09. The fraction of sp³-hybridized carbons (Fsp3) is 0.588. The Labute approximate surface area is 126 Å². The van der Waals surface area contributed by atoms with Crippen molar-refractivity contribution in [3.63, 3.8) is 0 Å². The van der Waals surface area contributed by atoms with Gasteiger partial charge in [0.05, 0.1) is 0 Å². The molecule has 20 heavy (non-hydrogen) atoms. The lowest BCUT2D eigenvalue weighted by molar-refractivity contribution is 0.0935. The molecule has 1 aromatic carbocycles. The van der Waals surface area contributed by atoms with Gasteiger partial charge in [0.1, 0.15) is 0 Å². The van der Waals surface area contributed by atoms with Crippen molar-refractivity contribution < 1.29 is 4.79 Å². The molecule has 2 nitrogen and oxygen atoms in total. The fourth-order valence-corrected chi connectivity index (χ4v) is 3.23. The van der Waals surface area contributed by atoms with Crippen molar-refractivity contribution in [1.29, 1.82) is 0 Å². The first-order chi connectivity index (χ1) is 9.56. The van der Waals surface area contributed by atoms with E-state index in [4.69, 9.17) is 11.6 Å². The second kappa shape index (κ2) is 6.62. The molecule has 0 radical (unpaired) electrons. The van der Waals surface area contributed by atoms with E-state index in [0.717, 1.165) is 18.4 Å². The summed E-state index contributed by atoms with van der Waals surface area (Å²) >= 11 is 6.10. The summed E-state index contributed by atoms with van der Waals surface area (Å²) in [6.45, 7) is 5.00. The number of rotatable bonds is 5. The summed E-state index contributed by atoms with van der Waals surface area (Å²) in [5, 5.41) is 3.06. The highest BCUT2D eigenvalue weighted by molar-refractivity contribution is 6.18. The van der Waals surface area contributed by atoms with Crippen molar-refractivity contribution in [2.75, 3.05) is 12.4 Å². The Balaban J connectivity index is 1.94. The quantitative estimate of drug-likeness (QED) is 0.804. The molecule has 1 aromatic rings. The minimum Gasteiger partial charge on any atom is -0.351 e. The molecule has 0 saturated heterocycles. The maximum atomic E-state index is 12.2. The third-order valence-electron chi connectivity index (χ3n) is 4.41. The number of carbonyl (C=O) groups is 1. The lowest BCUT2D eigenvalue weighted by Gasteiger charge is -2.26.